The second kappa shape index (κ2) is 8.67. The average Bonchev–Trinajstić information content (AvgIpc) is 2.42. The molecule has 0 aromatic carbocycles. The first-order valence-electron chi connectivity index (χ1n) is 7.18. The third-order valence-corrected chi connectivity index (χ3v) is 3.03. The van der Waals surface area contributed by atoms with Crippen molar-refractivity contribution in [2.24, 2.45) is 0 Å². The molecular formula is C14H19BO9. The van der Waals surface area contributed by atoms with Gasteiger partial charge in [0.05, 0.1) is 6.00 Å². The monoisotopic (exact) mass is 342 g/mol. The van der Waals surface area contributed by atoms with E-state index in [1.165, 1.54) is 6.92 Å². The number of hydrogen-bond acceptors (Lipinski definition) is 9. The molecule has 3 unspecified atom stereocenters. The molecule has 1 rings (SSSR count). The average molecular weight is 342 g/mol. The number of ether oxygens (including phenoxy) is 5. The minimum atomic E-state index is -1.21. The molecule has 1 saturated heterocycles. The van der Waals surface area contributed by atoms with Crippen molar-refractivity contribution in [1.29, 1.82) is 0 Å². The predicted molar refractivity (Wildman–Crippen MR) is 77.7 cm³/mol. The van der Waals surface area contributed by atoms with Crippen LogP contribution in [0, 0.1) is 0 Å². The Labute approximate surface area is 140 Å². The van der Waals surface area contributed by atoms with Crippen LogP contribution < -0.4 is 0 Å². The van der Waals surface area contributed by atoms with Crippen molar-refractivity contribution in [3.63, 3.8) is 0 Å². The van der Waals surface area contributed by atoms with E-state index in [1.54, 1.807) is 0 Å². The lowest BCUT2D eigenvalue weighted by Crippen LogP contribution is -2.62. The highest BCUT2D eigenvalue weighted by molar-refractivity contribution is 6.11. The summed E-state index contributed by atoms with van der Waals surface area (Å²) in [7, 11) is 5.81. The zero-order valence-electron chi connectivity index (χ0n) is 13.8. The van der Waals surface area contributed by atoms with Gasteiger partial charge in [0.15, 0.2) is 18.3 Å². The van der Waals surface area contributed by atoms with Crippen LogP contribution in [0.5, 0.6) is 0 Å². The first-order chi connectivity index (χ1) is 11.1. The van der Waals surface area contributed by atoms with Gasteiger partial charge >= 0.3 is 23.9 Å². The molecule has 0 saturated carbocycles. The van der Waals surface area contributed by atoms with E-state index in [2.05, 4.69) is 0 Å². The summed E-state index contributed by atoms with van der Waals surface area (Å²) in [6.07, 6.45) is -4.57. The Balaban J connectivity index is 3.11. The molecule has 1 heterocycles. The van der Waals surface area contributed by atoms with Gasteiger partial charge in [-0.25, -0.2) is 0 Å². The van der Waals surface area contributed by atoms with Gasteiger partial charge in [0.2, 0.25) is 0 Å². The summed E-state index contributed by atoms with van der Waals surface area (Å²) in [5.41, 5.74) is 0. The molecule has 0 aromatic heterocycles. The zero-order chi connectivity index (χ0) is 18.4. The van der Waals surface area contributed by atoms with Gasteiger partial charge in [-0.3, -0.25) is 19.2 Å². The van der Waals surface area contributed by atoms with Crippen LogP contribution in [0.1, 0.15) is 27.7 Å². The lowest BCUT2D eigenvalue weighted by Gasteiger charge is -2.43. The first kappa shape index (κ1) is 20.0. The molecule has 0 amide bonds. The van der Waals surface area contributed by atoms with Crippen molar-refractivity contribution < 1.29 is 42.9 Å². The molecule has 132 valence electrons. The lowest BCUT2D eigenvalue weighted by molar-refractivity contribution is -0.239. The van der Waals surface area contributed by atoms with Crippen molar-refractivity contribution in [2.45, 2.75) is 58.1 Å². The molecule has 1 aliphatic rings. The number of rotatable bonds is 5. The second-order valence-electron chi connectivity index (χ2n) is 5.16. The number of carbonyl (C=O) groups is 4. The maximum atomic E-state index is 11.4. The van der Waals surface area contributed by atoms with Crippen molar-refractivity contribution in [3.8, 4) is 0 Å². The predicted octanol–water partition coefficient (Wildman–Crippen LogP) is -0.762. The number of esters is 4. The van der Waals surface area contributed by atoms with Gasteiger partial charge in [-0.15, -0.1) is 0 Å². The highest BCUT2D eigenvalue weighted by Crippen LogP contribution is 2.27. The Morgan fingerprint density at radius 1 is 0.792 bits per heavy atom. The van der Waals surface area contributed by atoms with Gasteiger partial charge in [-0.2, -0.15) is 0 Å². The first-order valence-corrected chi connectivity index (χ1v) is 7.18. The smallest absolute Gasteiger partial charge is 0.303 e. The summed E-state index contributed by atoms with van der Waals surface area (Å²) >= 11 is 0. The van der Waals surface area contributed by atoms with Gasteiger partial charge < -0.3 is 23.7 Å². The standard InChI is InChI=1S/C14H19BO9/c1-6(16)20-5-10-11(21-7(2)17)12(22-8(3)18)13(14(15)24-10)23-9(4)19/h10-14H,5H2,1-4H3/t10?,11-,12?,13?,14+/m1/s1. The zero-order valence-corrected chi connectivity index (χ0v) is 13.8. The fourth-order valence-corrected chi connectivity index (χ4v) is 2.26. The van der Waals surface area contributed by atoms with Crippen molar-refractivity contribution in [2.75, 3.05) is 6.61 Å². The van der Waals surface area contributed by atoms with E-state index in [1.807, 2.05) is 0 Å². The van der Waals surface area contributed by atoms with Crippen LogP contribution in [0.3, 0.4) is 0 Å². The summed E-state index contributed by atoms with van der Waals surface area (Å²) in [5, 5.41) is 0. The van der Waals surface area contributed by atoms with E-state index in [9.17, 15) is 19.2 Å². The second-order valence-corrected chi connectivity index (χ2v) is 5.16. The molecule has 0 aliphatic carbocycles. The van der Waals surface area contributed by atoms with Crippen molar-refractivity contribution in [3.05, 3.63) is 0 Å². The minimum absolute atomic E-state index is 0.286. The summed E-state index contributed by atoms with van der Waals surface area (Å²) in [5.74, 6) is -2.66. The molecule has 0 aromatic rings. The van der Waals surface area contributed by atoms with E-state index in [0.717, 1.165) is 20.8 Å². The number of carbonyl (C=O) groups excluding carboxylic acids is 4. The lowest BCUT2D eigenvalue weighted by atomic mass is 9.84. The number of hydrogen-bond donors (Lipinski definition) is 0. The summed E-state index contributed by atoms with van der Waals surface area (Å²) < 4.78 is 25.6. The Hall–Kier alpha value is -2.10. The Kier molecular flexibility index (Phi) is 7.21. The fourth-order valence-electron chi connectivity index (χ4n) is 2.26. The molecule has 0 bridgehead atoms. The third kappa shape index (κ3) is 5.84. The van der Waals surface area contributed by atoms with Crippen molar-refractivity contribution >= 4 is 31.7 Å². The van der Waals surface area contributed by atoms with E-state index in [0.29, 0.717) is 0 Å². The summed E-state index contributed by atoms with van der Waals surface area (Å²) in [6.45, 7) is 4.32. The molecule has 1 fully saturated rings. The molecule has 0 spiro atoms. The van der Waals surface area contributed by atoms with Gasteiger partial charge in [0.1, 0.15) is 20.6 Å². The van der Waals surface area contributed by atoms with Crippen LogP contribution in [-0.2, 0) is 42.9 Å². The maximum absolute atomic E-state index is 11.4. The van der Waals surface area contributed by atoms with Gasteiger partial charge in [-0.05, 0) is 0 Å². The molecule has 1 aliphatic heterocycles. The van der Waals surface area contributed by atoms with Crippen LogP contribution in [0.25, 0.3) is 0 Å². The topological polar surface area (TPSA) is 114 Å². The van der Waals surface area contributed by atoms with Gasteiger partial charge in [-0.1, -0.05) is 0 Å². The molecular weight excluding hydrogens is 323 g/mol. The van der Waals surface area contributed by atoms with E-state index >= 15 is 0 Å². The fraction of sp³-hybridized carbons (Fsp3) is 0.714. The summed E-state index contributed by atoms with van der Waals surface area (Å²) in [4.78, 5) is 45.0. The van der Waals surface area contributed by atoms with Crippen LogP contribution in [0.4, 0.5) is 0 Å². The van der Waals surface area contributed by atoms with Crippen LogP contribution in [0.2, 0.25) is 0 Å². The normalized spacial score (nSPS) is 29.2. The third-order valence-electron chi connectivity index (χ3n) is 3.03. The molecule has 10 heteroatoms. The van der Waals surface area contributed by atoms with Crippen LogP contribution in [0.15, 0.2) is 0 Å². The van der Waals surface area contributed by atoms with Crippen LogP contribution >= 0.6 is 0 Å². The molecule has 24 heavy (non-hydrogen) atoms. The molecule has 5 atom stereocenters. The molecule has 2 radical (unpaired) electrons. The van der Waals surface area contributed by atoms with E-state index < -0.39 is 54.3 Å². The molecule has 0 N–H and O–H groups in total. The van der Waals surface area contributed by atoms with Crippen LogP contribution in [-0.4, -0.2) is 68.7 Å². The minimum Gasteiger partial charge on any atom is -0.463 e. The highest BCUT2D eigenvalue weighted by Gasteiger charge is 2.50. The van der Waals surface area contributed by atoms with E-state index in [4.69, 9.17) is 31.5 Å². The Bertz CT molecular complexity index is 506. The van der Waals surface area contributed by atoms with Gasteiger partial charge in [0.25, 0.3) is 0 Å². The van der Waals surface area contributed by atoms with E-state index in [-0.39, 0.29) is 6.61 Å². The Morgan fingerprint density at radius 3 is 1.71 bits per heavy atom. The highest BCUT2D eigenvalue weighted by atomic mass is 16.7. The maximum Gasteiger partial charge on any atom is 0.303 e. The Morgan fingerprint density at radius 2 is 1.25 bits per heavy atom. The SMILES string of the molecule is [B][C@H]1OC(COC(C)=O)[C@@H](OC(C)=O)C(OC(C)=O)C1OC(C)=O. The quantitative estimate of drug-likeness (QED) is 0.361. The van der Waals surface area contributed by atoms with Crippen molar-refractivity contribution in [1.82, 2.24) is 0 Å². The van der Waals surface area contributed by atoms with Gasteiger partial charge in [0, 0.05) is 27.7 Å². The summed E-state index contributed by atoms with van der Waals surface area (Å²) in [6, 6.07) is -1.18. The molecule has 9 nitrogen and oxygen atoms in total. The largest absolute Gasteiger partial charge is 0.463 e.